The molecule has 0 bridgehead atoms. The van der Waals surface area contributed by atoms with Crippen LogP contribution in [0.25, 0.3) is 0 Å². The van der Waals surface area contributed by atoms with Crippen LogP contribution < -0.4 is 45.1 Å². The van der Waals surface area contributed by atoms with Crippen molar-refractivity contribution >= 4 is 73.7 Å². The summed E-state index contributed by atoms with van der Waals surface area (Å²) >= 11 is 6.24. The largest absolute Gasteiger partial charge is 1.00 e. The van der Waals surface area contributed by atoms with E-state index in [9.17, 15) is 9.90 Å². The third kappa shape index (κ3) is 6.13. The molecule has 0 saturated heterocycles. The molecule has 122 valence electrons. The molecule has 0 unspecified atom stereocenters. The zero-order valence-electron chi connectivity index (χ0n) is 12.6. The van der Waals surface area contributed by atoms with Gasteiger partial charge in [-0.15, -0.1) is 0 Å². The number of carboxylic acid groups (broad SMARTS) is 1. The molecule has 0 aliphatic heterocycles. The van der Waals surface area contributed by atoms with Crippen molar-refractivity contribution in [3.63, 3.8) is 0 Å². The number of hydrogen-bond donors (Lipinski definition) is 2. The Hall–Kier alpha value is 0.660. The Balaban J connectivity index is 0.00000288. The Morgan fingerprint density at radius 3 is 2.17 bits per heavy atom. The number of halogens is 3. The number of carboxylic acids is 1. The summed E-state index contributed by atoms with van der Waals surface area (Å²) in [5.41, 5.74) is 6.50. The fourth-order valence-electron chi connectivity index (χ4n) is 1.82. The minimum atomic E-state index is -1.02. The van der Waals surface area contributed by atoms with Crippen LogP contribution in [-0.4, -0.2) is 17.1 Å². The van der Waals surface area contributed by atoms with Crippen LogP contribution >= 0.6 is 67.8 Å². The molecule has 5 nitrogen and oxygen atoms in total. The average molecular weight is 673 g/mol. The second-order valence-corrected chi connectivity index (χ2v) is 8.20. The molecule has 2 aromatic rings. The van der Waals surface area contributed by atoms with Gasteiger partial charge in [0.15, 0.2) is 0 Å². The summed E-state index contributed by atoms with van der Waals surface area (Å²) in [7, 11) is 0. The Labute approximate surface area is 202 Å². The van der Waals surface area contributed by atoms with Gasteiger partial charge in [0.1, 0.15) is 17.5 Å². The van der Waals surface area contributed by atoms with Gasteiger partial charge < -0.3 is 20.7 Å². The maximum atomic E-state index is 11.4. The van der Waals surface area contributed by atoms with E-state index in [2.05, 4.69) is 45.2 Å². The van der Waals surface area contributed by atoms with Gasteiger partial charge in [0.05, 0.1) is 0 Å². The van der Waals surface area contributed by atoms with Crippen LogP contribution in [0.5, 0.6) is 17.2 Å². The summed E-state index contributed by atoms with van der Waals surface area (Å²) in [5.74, 6) is 0.140. The van der Waals surface area contributed by atoms with Crippen LogP contribution in [0.4, 0.5) is 0 Å². The van der Waals surface area contributed by atoms with Crippen molar-refractivity contribution in [2.24, 2.45) is 5.73 Å². The van der Waals surface area contributed by atoms with Gasteiger partial charge in [-0.05, 0) is 97.6 Å². The van der Waals surface area contributed by atoms with Crippen molar-refractivity contribution in [1.82, 2.24) is 0 Å². The molecule has 2 rings (SSSR count). The van der Waals surface area contributed by atoms with Crippen LogP contribution in [0.15, 0.2) is 30.3 Å². The molecule has 24 heavy (non-hydrogen) atoms. The number of rotatable bonds is 5. The van der Waals surface area contributed by atoms with Crippen LogP contribution in [0.3, 0.4) is 0 Å². The third-order valence-corrected chi connectivity index (χ3v) is 5.76. The van der Waals surface area contributed by atoms with Gasteiger partial charge in [0, 0.05) is 17.1 Å². The van der Waals surface area contributed by atoms with Crippen LogP contribution in [0.1, 0.15) is 5.56 Å². The maximum Gasteiger partial charge on any atom is 1.00 e. The molecule has 0 amide bonds. The second kappa shape index (κ2) is 10.1. The molecule has 0 aliphatic carbocycles. The maximum absolute atomic E-state index is 11.4. The SMILES string of the molecule is N[C@@H](Cc1c(I)cc(Oc2ccc([O-])c(I)c2)cc1I)C(=O)O.[Na+]. The first-order valence-corrected chi connectivity index (χ1v) is 9.62. The second-order valence-electron chi connectivity index (χ2n) is 4.71. The molecule has 0 saturated carbocycles. The van der Waals surface area contributed by atoms with E-state index in [0.717, 1.165) is 12.7 Å². The summed E-state index contributed by atoms with van der Waals surface area (Å²) in [4.78, 5) is 10.9. The Kier molecular flexibility index (Phi) is 9.57. The van der Waals surface area contributed by atoms with Crippen LogP contribution in [0, 0.1) is 10.7 Å². The molecule has 0 spiro atoms. The van der Waals surface area contributed by atoms with Gasteiger partial charge >= 0.3 is 35.5 Å². The third-order valence-electron chi connectivity index (χ3n) is 2.99. The Bertz CT molecular complexity index is 734. The number of hydrogen-bond acceptors (Lipinski definition) is 4. The summed E-state index contributed by atoms with van der Waals surface area (Å²) in [5, 5.41) is 20.4. The van der Waals surface area contributed by atoms with E-state index in [1.807, 2.05) is 34.7 Å². The molecular formula is C15H11I3NNaO4. The van der Waals surface area contributed by atoms with Crippen molar-refractivity contribution in [3.05, 3.63) is 46.6 Å². The Morgan fingerprint density at radius 2 is 1.67 bits per heavy atom. The first kappa shape index (κ1) is 22.7. The smallest absolute Gasteiger partial charge is 0.872 e. The van der Waals surface area contributed by atoms with Crippen LogP contribution in [0.2, 0.25) is 0 Å². The Morgan fingerprint density at radius 1 is 1.12 bits per heavy atom. The monoisotopic (exact) mass is 673 g/mol. The van der Waals surface area contributed by atoms with Gasteiger partial charge in [-0.2, -0.15) is 0 Å². The van der Waals surface area contributed by atoms with Crippen molar-refractivity contribution in [2.75, 3.05) is 0 Å². The summed E-state index contributed by atoms with van der Waals surface area (Å²) in [6.45, 7) is 0. The summed E-state index contributed by atoms with van der Waals surface area (Å²) < 4.78 is 8.14. The van der Waals surface area contributed by atoms with Gasteiger partial charge in [-0.1, -0.05) is 11.8 Å². The van der Waals surface area contributed by atoms with Crippen LogP contribution in [-0.2, 0) is 11.2 Å². The van der Waals surface area contributed by atoms with E-state index in [1.54, 1.807) is 12.1 Å². The minimum Gasteiger partial charge on any atom is -0.872 e. The molecule has 0 fully saturated rings. The molecule has 1 atom stereocenters. The predicted octanol–water partition coefficient (Wildman–Crippen LogP) is 0.325. The zero-order chi connectivity index (χ0) is 17.1. The normalized spacial score (nSPS) is 11.5. The average Bonchev–Trinajstić information content (AvgIpc) is 2.46. The van der Waals surface area contributed by atoms with E-state index in [0.29, 0.717) is 15.1 Å². The van der Waals surface area contributed by atoms with Crippen molar-refractivity contribution in [3.8, 4) is 17.2 Å². The standard InChI is InChI=1S/C15H12I3NO4.Na/c16-10-4-8(23-7-1-2-14(20)12(18)3-7)5-11(17)9(10)6-13(19)15(21)22;/h1-5,13,20H,6,19H2,(H,21,22);/q;+1/p-1/t13-;/m0./s1. The topological polar surface area (TPSA) is 95.6 Å². The number of benzene rings is 2. The molecule has 3 N–H and O–H groups in total. The molecule has 0 heterocycles. The summed E-state index contributed by atoms with van der Waals surface area (Å²) in [6.07, 6.45) is 0.259. The van der Waals surface area contributed by atoms with E-state index in [1.165, 1.54) is 6.07 Å². The minimum absolute atomic E-state index is 0. The van der Waals surface area contributed by atoms with Gasteiger partial charge in [-0.3, -0.25) is 4.79 Å². The fourth-order valence-corrected chi connectivity index (χ4v) is 4.46. The van der Waals surface area contributed by atoms with E-state index < -0.39 is 12.0 Å². The number of carbonyl (C=O) groups is 1. The number of aliphatic carboxylic acids is 1. The summed E-state index contributed by atoms with van der Waals surface area (Å²) in [6, 6.07) is 7.48. The van der Waals surface area contributed by atoms with E-state index in [-0.39, 0.29) is 41.7 Å². The fraction of sp³-hybridized carbons (Fsp3) is 0.133. The van der Waals surface area contributed by atoms with Crippen molar-refractivity contribution < 1.29 is 49.3 Å². The van der Waals surface area contributed by atoms with Crippen molar-refractivity contribution in [2.45, 2.75) is 12.5 Å². The molecular weight excluding hydrogens is 662 g/mol. The molecule has 2 aromatic carbocycles. The first-order valence-electron chi connectivity index (χ1n) is 6.38. The molecule has 0 aliphatic rings. The predicted molar refractivity (Wildman–Crippen MR) is 110 cm³/mol. The van der Waals surface area contributed by atoms with Gasteiger partial charge in [0.25, 0.3) is 0 Å². The number of ether oxygens (including phenoxy) is 1. The van der Waals surface area contributed by atoms with Gasteiger partial charge in [0.2, 0.25) is 0 Å². The number of nitrogens with two attached hydrogens (primary N) is 1. The van der Waals surface area contributed by atoms with E-state index >= 15 is 0 Å². The molecule has 0 aromatic heterocycles. The first-order chi connectivity index (χ1) is 10.8. The molecule has 9 heteroatoms. The van der Waals surface area contributed by atoms with Crippen molar-refractivity contribution in [1.29, 1.82) is 0 Å². The quantitative estimate of drug-likeness (QED) is 0.353. The molecule has 0 radical (unpaired) electrons. The van der Waals surface area contributed by atoms with Gasteiger partial charge in [-0.25, -0.2) is 0 Å². The van der Waals surface area contributed by atoms with E-state index in [4.69, 9.17) is 15.6 Å². The zero-order valence-corrected chi connectivity index (χ0v) is 21.0.